The lowest BCUT2D eigenvalue weighted by Gasteiger charge is -2.13. The number of aliphatic carboxylic acids is 1. The highest BCUT2D eigenvalue weighted by molar-refractivity contribution is 9.10. The topological polar surface area (TPSA) is 86.6 Å². The Hall–Kier alpha value is -1.47. The lowest BCUT2D eigenvalue weighted by atomic mass is 10.1. The molecule has 1 aromatic carbocycles. The summed E-state index contributed by atoms with van der Waals surface area (Å²) in [5, 5.41) is 19.6. The Balaban J connectivity index is 2.83. The third-order valence-corrected chi connectivity index (χ3v) is 2.69. The van der Waals surface area contributed by atoms with Gasteiger partial charge in [-0.05, 0) is 18.2 Å². The molecule has 0 aromatic heterocycles. The minimum atomic E-state index is -1.28. The highest BCUT2D eigenvalue weighted by atomic mass is 79.9. The van der Waals surface area contributed by atoms with Crippen LogP contribution in [0.2, 0.25) is 0 Å². The van der Waals surface area contributed by atoms with Crippen molar-refractivity contribution in [2.24, 2.45) is 0 Å². The summed E-state index contributed by atoms with van der Waals surface area (Å²) in [6.45, 7) is -0.389. The van der Waals surface area contributed by atoms with Crippen LogP contribution in [0.4, 0.5) is 4.39 Å². The number of benzene rings is 1. The van der Waals surface area contributed by atoms with Crippen LogP contribution in [0.3, 0.4) is 0 Å². The molecule has 0 spiro atoms. The summed E-state index contributed by atoms with van der Waals surface area (Å²) < 4.78 is 13.9. The van der Waals surface area contributed by atoms with Crippen LogP contribution in [-0.4, -0.2) is 34.7 Å². The number of carbonyl (C=O) groups excluding carboxylic acids is 1. The average Bonchev–Trinajstić information content (AvgIpc) is 2.27. The van der Waals surface area contributed by atoms with E-state index in [1.165, 1.54) is 12.1 Å². The van der Waals surface area contributed by atoms with E-state index >= 15 is 0 Å². The Morgan fingerprint density at radius 2 is 2.11 bits per heavy atom. The number of carboxylic acids is 1. The van der Waals surface area contributed by atoms with Gasteiger partial charge in [0.2, 0.25) is 0 Å². The van der Waals surface area contributed by atoms with Crippen LogP contribution in [0.5, 0.6) is 0 Å². The first kappa shape index (κ1) is 14.6. The third-order valence-electron chi connectivity index (χ3n) is 2.20. The lowest BCUT2D eigenvalue weighted by molar-refractivity contribution is -0.139. The van der Waals surface area contributed by atoms with Gasteiger partial charge >= 0.3 is 5.97 Å². The first-order chi connectivity index (χ1) is 8.45. The summed E-state index contributed by atoms with van der Waals surface area (Å²) in [4.78, 5) is 22.4. The molecule has 0 fully saturated rings. The molecule has 5 nitrogen and oxygen atoms in total. The van der Waals surface area contributed by atoms with Crippen molar-refractivity contribution in [3.8, 4) is 0 Å². The molecule has 0 aliphatic rings. The van der Waals surface area contributed by atoms with Gasteiger partial charge in [0.15, 0.2) is 0 Å². The molecule has 0 aliphatic heterocycles. The van der Waals surface area contributed by atoms with E-state index in [1.54, 1.807) is 0 Å². The van der Waals surface area contributed by atoms with Crippen LogP contribution >= 0.6 is 15.9 Å². The minimum Gasteiger partial charge on any atom is -0.480 e. The summed E-state index contributed by atoms with van der Waals surface area (Å²) >= 11 is 3.05. The molecule has 18 heavy (non-hydrogen) atoms. The molecule has 0 unspecified atom stereocenters. The molecule has 0 aliphatic carbocycles. The Morgan fingerprint density at radius 3 is 2.61 bits per heavy atom. The Kier molecular flexibility index (Phi) is 5.24. The number of halogens is 2. The maximum atomic E-state index is 13.5. The van der Waals surface area contributed by atoms with E-state index in [0.717, 1.165) is 6.07 Å². The van der Waals surface area contributed by atoms with Gasteiger partial charge in [0, 0.05) is 17.5 Å². The Morgan fingerprint density at radius 1 is 1.44 bits per heavy atom. The molecule has 3 N–H and O–H groups in total. The number of hydrogen-bond acceptors (Lipinski definition) is 3. The maximum absolute atomic E-state index is 13.5. The van der Waals surface area contributed by atoms with Gasteiger partial charge in [-0.3, -0.25) is 4.79 Å². The molecular formula is C11H11BrFNO4. The van der Waals surface area contributed by atoms with Crippen molar-refractivity contribution >= 4 is 27.8 Å². The predicted octanol–water partition coefficient (Wildman–Crippen LogP) is 1.15. The smallest absolute Gasteiger partial charge is 0.326 e. The normalized spacial score (nSPS) is 11.9. The molecule has 0 bridgehead atoms. The molecule has 0 heterocycles. The van der Waals surface area contributed by atoms with Crippen molar-refractivity contribution in [3.05, 3.63) is 34.1 Å². The zero-order valence-corrected chi connectivity index (χ0v) is 10.8. The fourth-order valence-electron chi connectivity index (χ4n) is 1.30. The number of aliphatic hydroxyl groups is 1. The van der Waals surface area contributed by atoms with E-state index in [1.807, 2.05) is 0 Å². The number of carbonyl (C=O) groups is 2. The lowest BCUT2D eigenvalue weighted by Crippen LogP contribution is -2.41. The molecule has 1 aromatic rings. The average molecular weight is 320 g/mol. The zero-order chi connectivity index (χ0) is 13.7. The number of aliphatic hydroxyl groups excluding tert-OH is 1. The number of carboxylic acid groups (broad SMARTS) is 1. The largest absolute Gasteiger partial charge is 0.480 e. The molecule has 0 saturated carbocycles. The molecule has 1 atom stereocenters. The summed E-state index contributed by atoms with van der Waals surface area (Å²) in [7, 11) is 0. The van der Waals surface area contributed by atoms with E-state index in [2.05, 4.69) is 21.2 Å². The third kappa shape index (κ3) is 3.78. The minimum absolute atomic E-state index is 0.140. The van der Waals surface area contributed by atoms with E-state index in [4.69, 9.17) is 10.2 Å². The van der Waals surface area contributed by atoms with E-state index in [0.29, 0.717) is 4.47 Å². The zero-order valence-electron chi connectivity index (χ0n) is 9.19. The van der Waals surface area contributed by atoms with E-state index < -0.39 is 23.7 Å². The van der Waals surface area contributed by atoms with Gasteiger partial charge in [0.25, 0.3) is 5.91 Å². The fourth-order valence-corrected chi connectivity index (χ4v) is 1.63. The van der Waals surface area contributed by atoms with E-state index in [-0.39, 0.29) is 18.6 Å². The van der Waals surface area contributed by atoms with E-state index in [9.17, 15) is 14.0 Å². The predicted molar refractivity (Wildman–Crippen MR) is 64.7 cm³/mol. The van der Waals surface area contributed by atoms with Crippen LogP contribution in [0.25, 0.3) is 0 Å². The SMILES string of the molecule is O=C(N[C@@H](CCO)C(=O)O)c1ccc(Br)cc1F. The van der Waals surface area contributed by atoms with Gasteiger partial charge in [-0.25, -0.2) is 9.18 Å². The standard InChI is InChI=1S/C11H11BrFNO4/c12-6-1-2-7(8(13)5-6)10(16)14-9(3-4-15)11(17)18/h1-2,5,9,15H,3-4H2,(H,14,16)(H,17,18)/t9-/m0/s1. The molecule has 0 radical (unpaired) electrons. The Bertz CT molecular complexity index is 466. The first-order valence-electron chi connectivity index (χ1n) is 5.05. The van der Waals surface area contributed by atoms with Crippen LogP contribution in [-0.2, 0) is 4.79 Å². The molecule has 98 valence electrons. The summed E-state index contributed by atoms with van der Waals surface area (Å²) in [5.41, 5.74) is -0.248. The molecule has 0 saturated heterocycles. The number of hydrogen-bond donors (Lipinski definition) is 3. The number of rotatable bonds is 5. The van der Waals surface area contributed by atoms with Crippen molar-refractivity contribution < 1.29 is 24.2 Å². The molecular weight excluding hydrogens is 309 g/mol. The van der Waals surface area contributed by atoms with Crippen LogP contribution < -0.4 is 5.32 Å². The van der Waals surface area contributed by atoms with Crippen LogP contribution in [0.1, 0.15) is 16.8 Å². The number of amides is 1. The van der Waals surface area contributed by atoms with Crippen LogP contribution in [0.15, 0.2) is 22.7 Å². The molecule has 7 heteroatoms. The second-order valence-electron chi connectivity index (χ2n) is 3.50. The van der Waals surface area contributed by atoms with Gasteiger partial charge < -0.3 is 15.5 Å². The van der Waals surface area contributed by atoms with Crippen molar-refractivity contribution in [2.45, 2.75) is 12.5 Å². The van der Waals surface area contributed by atoms with Crippen molar-refractivity contribution in [1.29, 1.82) is 0 Å². The van der Waals surface area contributed by atoms with Gasteiger partial charge in [-0.2, -0.15) is 0 Å². The van der Waals surface area contributed by atoms with Crippen molar-refractivity contribution in [3.63, 3.8) is 0 Å². The second-order valence-corrected chi connectivity index (χ2v) is 4.42. The molecule has 1 amide bonds. The number of nitrogens with one attached hydrogen (secondary N) is 1. The Labute approximate surface area is 111 Å². The van der Waals surface area contributed by atoms with Gasteiger partial charge in [0.05, 0.1) is 5.56 Å². The molecule has 1 rings (SSSR count). The maximum Gasteiger partial charge on any atom is 0.326 e. The summed E-state index contributed by atoms with van der Waals surface area (Å²) in [5.74, 6) is -2.87. The van der Waals surface area contributed by atoms with Crippen molar-refractivity contribution in [1.82, 2.24) is 5.32 Å². The van der Waals surface area contributed by atoms with Crippen molar-refractivity contribution in [2.75, 3.05) is 6.61 Å². The fraction of sp³-hybridized carbons (Fsp3) is 0.273. The first-order valence-corrected chi connectivity index (χ1v) is 5.84. The summed E-state index contributed by atoms with van der Waals surface area (Å²) in [6.07, 6.45) is -0.140. The highest BCUT2D eigenvalue weighted by Crippen LogP contribution is 2.15. The summed E-state index contributed by atoms with van der Waals surface area (Å²) in [6, 6.07) is 2.58. The highest BCUT2D eigenvalue weighted by Gasteiger charge is 2.21. The monoisotopic (exact) mass is 319 g/mol. The van der Waals surface area contributed by atoms with Gasteiger partial charge in [-0.15, -0.1) is 0 Å². The van der Waals surface area contributed by atoms with Gasteiger partial charge in [-0.1, -0.05) is 15.9 Å². The second kappa shape index (κ2) is 6.46. The van der Waals surface area contributed by atoms with Crippen LogP contribution in [0, 0.1) is 5.82 Å². The quantitative estimate of drug-likeness (QED) is 0.760. The van der Waals surface area contributed by atoms with Gasteiger partial charge in [0.1, 0.15) is 11.9 Å².